The number of aliphatic hydroxyl groups excluding tert-OH is 1. The Balaban J connectivity index is 5.22. The van der Waals surface area contributed by atoms with E-state index in [0.29, 0.717) is 25.7 Å². The van der Waals surface area contributed by atoms with Crippen LogP contribution < -0.4 is 0 Å². The standard InChI is InChI=1S/C83H162O17P2/c1-7-10-12-14-16-18-20-22-23-29-33-36-40-47-53-59-65-80(85)93-71-78(99-83(88)68-62-56-50-42-38-34-30-27-25-24-26-28-32-35-39-46-52-58-64-76(6)9-3)73-97-101(89,90)95-69-77(84)70-96-102(91,92)98-74-79(72-94-81(86)66-60-54-48-44-43-45-51-57-63-75(4)5)100-82(87)67-61-55-49-41-37-31-21-19-17-15-13-11-8-2/h75-79,84H,7-74H2,1-6H3,(H,89,90)(H,91,92)/t76?,77-,78-,79-/m1/s1. The highest BCUT2D eigenvalue weighted by atomic mass is 31.2. The summed E-state index contributed by atoms with van der Waals surface area (Å²) < 4.78 is 68.8. The normalized spacial score (nSPS) is 14.1. The van der Waals surface area contributed by atoms with Crippen LogP contribution in [-0.4, -0.2) is 96.7 Å². The summed E-state index contributed by atoms with van der Waals surface area (Å²) in [7, 11) is -9.92. The fourth-order valence-electron chi connectivity index (χ4n) is 12.9. The largest absolute Gasteiger partial charge is 0.472 e. The fourth-order valence-corrected chi connectivity index (χ4v) is 14.4. The number of ether oxygens (including phenoxy) is 4. The lowest BCUT2D eigenvalue weighted by Gasteiger charge is -2.21. The smallest absolute Gasteiger partial charge is 0.462 e. The molecular formula is C83H162O17P2. The van der Waals surface area contributed by atoms with E-state index in [1.165, 1.54) is 257 Å². The quantitative estimate of drug-likeness (QED) is 0.0222. The Morgan fingerprint density at radius 2 is 0.500 bits per heavy atom. The predicted octanol–water partition coefficient (Wildman–Crippen LogP) is 25.1. The molecule has 6 atom stereocenters. The molecule has 0 spiro atoms. The van der Waals surface area contributed by atoms with Crippen molar-refractivity contribution in [2.45, 2.75) is 458 Å². The monoisotopic (exact) mass is 1490 g/mol. The zero-order chi connectivity index (χ0) is 74.9. The second-order valence-electron chi connectivity index (χ2n) is 30.6. The van der Waals surface area contributed by atoms with E-state index in [1.54, 1.807) is 0 Å². The summed E-state index contributed by atoms with van der Waals surface area (Å²) >= 11 is 0. The third kappa shape index (κ3) is 74.9. The Morgan fingerprint density at radius 1 is 0.284 bits per heavy atom. The minimum Gasteiger partial charge on any atom is -0.462 e. The maximum absolute atomic E-state index is 13.1. The van der Waals surface area contributed by atoms with E-state index < -0.39 is 97.5 Å². The van der Waals surface area contributed by atoms with E-state index in [9.17, 15) is 43.2 Å². The van der Waals surface area contributed by atoms with Gasteiger partial charge in [0, 0.05) is 25.7 Å². The van der Waals surface area contributed by atoms with Crippen molar-refractivity contribution < 1.29 is 80.2 Å². The minimum atomic E-state index is -4.96. The van der Waals surface area contributed by atoms with Crippen molar-refractivity contribution >= 4 is 39.5 Å². The molecule has 3 N–H and O–H groups in total. The van der Waals surface area contributed by atoms with Crippen molar-refractivity contribution in [1.82, 2.24) is 0 Å². The lowest BCUT2D eigenvalue weighted by molar-refractivity contribution is -0.161. The summed E-state index contributed by atoms with van der Waals surface area (Å²) in [4.78, 5) is 73.1. The molecule has 0 aliphatic heterocycles. The van der Waals surface area contributed by atoms with Gasteiger partial charge in [0.05, 0.1) is 26.4 Å². The van der Waals surface area contributed by atoms with Gasteiger partial charge in [0.1, 0.15) is 19.3 Å². The highest BCUT2D eigenvalue weighted by molar-refractivity contribution is 7.47. The molecule has 0 aromatic rings. The Bertz CT molecular complexity index is 1960. The van der Waals surface area contributed by atoms with Gasteiger partial charge in [-0.05, 0) is 37.5 Å². The number of aliphatic hydroxyl groups is 1. The molecule has 3 unspecified atom stereocenters. The third-order valence-corrected chi connectivity index (χ3v) is 21.7. The van der Waals surface area contributed by atoms with Gasteiger partial charge in [-0.2, -0.15) is 0 Å². The van der Waals surface area contributed by atoms with Crippen LogP contribution in [0.3, 0.4) is 0 Å². The zero-order valence-corrected chi connectivity index (χ0v) is 68.7. The molecule has 19 heteroatoms. The number of esters is 4. The van der Waals surface area contributed by atoms with Crippen LogP contribution in [0.2, 0.25) is 0 Å². The Kier molecular flexibility index (Phi) is 73.1. The van der Waals surface area contributed by atoms with E-state index in [1.807, 2.05) is 0 Å². The molecular weight excluding hydrogens is 1330 g/mol. The van der Waals surface area contributed by atoms with Crippen molar-refractivity contribution in [3.63, 3.8) is 0 Å². The van der Waals surface area contributed by atoms with E-state index in [-0.39, 0.29) is 25.7 Å². The molecule has 102 heavy (non-hydrogen) atoms. The molecule has 0 saturated carbocycles. The van der Waals surface area contributed by atoms with Crippen molar-refractivity contribution in [3.8, 4) is 0 Å². The van der Waals surface area contributed by atoms with Crippen LogP contribution in [0.25, 0.3) is 0 Å². The number of phosphoric acid groups is 2. The van der Waals surface area contributed by atoms with Crippen LogP contribution >= 0.6 is 15.6 Å². The Hall–Kier alpha value is -1.94. The van der Waals surface area contributed by atoms with E-state index in [0.717, 1.165) is 102 Å². The number of rotatable bonds is 82. The molecule has 0 aromatic heterocycles. The number of unbranched alkanes of at least 4 members (excludes halogenated alkanes) is 51. The summed E-state index contributed by atoms with van der Waals surface area (Å²) in [5.41, 5.74) is 0. The maximum Gasteiger partial charge on any atom is 0.472 e. The average molecular weight is 1490 g/mol. The van der Waals surface area contributed by atoms with Crippen molar-refractivity contribution in [2.75, 3.05) is 39.6 Å². The molecule has 17 nitrogen and oxygen atoms in total. The fraction of sp³-hybridized carbons (Fsp3) is 0.952. The van der Waals surface area contributed by atoms with Crippen LogP contribution in [0, 0.1) is 11.8 Å². The molecule has 0 bridgehead atoms. The molecule has 0 saturated heterocycles. The lowest BCUT2D eigenvalue weighted by atomic mass is 9.99. The van der Waals surface area contributed by atoms with E-state index >= 15 is 0 Å². The van der Waals surface area contributed by atoms with Crippen molar-refractivity contribution in [3.05, 3.63) is 0 Å². The van der Waals surface area contributed by atoms with Gasteiger partial charge in [0.25, 0.3) is 0 Å². The number of hydrogen-bond donors (Lipinski definition) is 3. The summed E-state index contributed by atoms with van der Waals surface area (Å²) in [6.07, 6.45) is 65.2. The van der Waals surface area contributed by atoms with Gasteiger partial charge < -0.3 is 33.8 Å². The number of carbonyl (C=O) groups excluding carboxylic acids is 4. The second-order valence-corrected chi connectivity index (χ2v) is 33.5. The van der Waals surface area contributed by atoms with Gasteiger partial charge >= 0.3 is 39.5 Å². The minimum absolute atomic E-state index is 0.107. The van der Waals surface area contributed by atoms with Gasteiger partial charge in [0.2, 0.25) is 0 Å². The summed E-state index contributed by atoms with van der Waals surface area (Å²) in [6.45, 7) is 9.68. The van der Waals surface area contributed by atoms with Gasteiger partial charge in [-0.25, -0.2) is 9.13 Å². The highest BCUT2D eigenvalue weighted by Crippen LogP contribution is 2.45. The SMILES string of the molecule is CCCCCCCCCCCCCCCCCCC(=O)OC[C@H](COP(=O)(O)OC[C@@H](O)COP(=O)(O)OC[C@@H](COC(=O)CCCCCCCCCCC(C)C)OC(=O)CCCCCCCCCCCCCCC)OC(=O)CCCCCCCCCCCCCCCCCCCCC(C)CC. The van der Waals surface area contributed by atoms with Gasteiger partial charge in [0.15, 0.2) is 12.2 Å². The molecule has 0 heterocycles. The number of hydrogen-bond acceptors (Lipinski definition) is 15. The third-order valence-electron chi connectivity index (χ3n) is 19.8. The second kappa shape index (κ2) is 74.5. The topological polar surface area (TPSA) is 237 Å². The van der Waals surface area contributed by atoms with Crippen LogP contribution in [0.4, 0.5) is 0 Å². The molecule has 0 aliphatic carbocycles. The first-order valence-electron chi connectivity index (χ1n) is 43.0. The Morgan fingerprint density at radius 3 is 0.745 bits per heavy atom. The highest BCUT2D eigenvalue weighted by Gasteiger charge is 2.30. The van der Waals surface area contributed by atoms with Gasteiger partial charge in [-0.15, -0.1) is 0 Å². The first-order chi connectivity index (χ1) is 49.4. The first kappa shape index (κ1) is 100. The van der Waals surface area contributed by atoms with Crippen molar-refractivity contribution in [2.24, 2.45) is 11.8 Å². The van der Waals surface area contributed by atoms with Crippen LogP contribution in [0.1, 0.15) is 440 Å². The molecule has 0 rings (SSSR count). The average Bonchev–Trinajstić information content (AvgIpc) is 0.910. The lowest BCUT2D eigenvalue weighted by Crippen LogP contribution is -2.30. The van der Waals surface area contributed by atoms with Crippen molar-refractivity contribution in [1.29, 1.82) is 0 Å². The Labute approximate surface area is 626 Å². The van der Waals surface area contributed by atoms with E-state index in [4.69, 9.17) is 37.0 Å². The first-order valence-corrected chi connectivity index (χ1v) is 46.0. The molecule has 0 amide bonds. The van der Waals surface area contributed by atoms with Crippen LogP contribution in [0.5, 0.6) is 0 Å². The predicted molar refractivity (Wildman–Crippen MR) is 418 cm³/mol. The summed E-state index contributed by atoms with van der Waals surface area (Å²) in [6, 6.07) is 0. The summed E-state index contributed by atoms with van der Waals surface area (Å²) in [5.74, 6) is -0.508. The molecule has 606 valence electrons. The van der Waals surface area contributed by atoms with Crippen LogP contribution in [0.15, 0.2) is 0 Å². The molecule has 0 aliphatic rings. The van der Waals surface area contributed by atoms with Crippen LogP contribution in [-0.2, 0) is 65.4 Å². The maximum atomic E-state index is 13.1. The molecule has 0 aromatic carbocycles. The molecule has 0 fully saturated rings. The number of phosphoric ester groups is 2. The van der Waals surface area contributed by atoms with Gasteiger partial charge in [-0.1, -0.05) is 388 Å². The van der Waals surface area contributed by atoms with Gasteiger partial charge in [-0.3, -0.25) is 37.3 Å². The number of carbonyl (C=O) groups is 4. The summed E-state index contributed by atoms with van der Waals surface area (Å²) in [5, 5.41) is 10.7. The van der Waals surface area contributed by atoms with E-state index in [2.05, 4.69) is 41.5 Å². The zero-order valence-electron chi connectivity index (χ0n) is 66.9. The molecule has 0 radical (unpaired) electrons.